The second-order valence-corrected chi connectivity index (χ2v) is 9.80. The molecule has 2 amide bonds. The largest absolute Gasteiger partial charge is 0.484 e. The molecule has 0 radical (unpaired) electrons. The molecular weight excluding hydrogens is 515 g/mol. The lowest BCUT2D eigenvalue weighted by Crippen LogP contribution is -2.49. The lowest BCUT2D eigenvalue weighted by Gasteiger charge is -2.29. The number of ether oxygens (including phenoxy) is 1. The van der Waals surface area contributed by atoms with Crippen LogP contribution in [-0.4, -0.2) is 35.9 Å². The molecule has 32 heavy (non-hydrogen) atoms. The molecule has 0 spiro atoms. The standard InChI is InChI=1S/C24H29BrCl2N2O3/c1-14(2)11-28-24(31)17(5)29(12-19-20(26)7-6-8-21(19)27)22(30)13-32-18-9-15(3)23(25)16(4)10-18/h6-10,14,17H,11-13H2,1-5H3,(H,28,31)/t17-/m1/s1. The molecule has 0 aromatic heterocycles. The first-order valence-electron chi connectivity index (χ1n) is 10.4. The molecule has 1 N–H and O–H groups in total. The zero-order valence-electron chi connectivity index (χ0n) is 19.0. The van der Waals surface area contributed by atoms with Crippen LogP contribution in [0.5, 0.6) is 5.75 Å². The first-order chi connectivity index (χ1) is 15.0. The molecule has 0 unspecified atom stereocenters. The summed E-state index contributed by atoms with van der Waals surface area (Å²) in [6, 6.07) is 8.14. The molecule has 2 rings (SSSR count). The van der Waals surface area contributed by atoms with Gasteiger partial charge in [-0.05, 0) is 62.1 Å². The summed E-state index contributed by atoms with van der Waals surface area (Å²) in [5, 5.41) is 3.75. The Morgan fingerprint density at radius 3 is 2.19 bits per heavy atom. The first-order valence-corrected chi connectivity index (χ1v) is 12.0. The highest BCUT2D eigenvalue weighted by Gasteiger charge is 2.28. The molecule has 5 nitrogen and oxygen atoms in total. The number of aryl methyl sites for hydroxylation is 2. The van der Waals surface area contributed by atoms with E-state index in [0.29, 0.717) is 33.8 Å². The van der Waals surface area contributed by atoms with Gasteiger partial charge in [0, 0.05) is 33.2 Å². The average molecular weight is 544 g/mol. The number of nitrogens with one attached hydrogen (secondary N) is 1. The zero-order valence-corrected chi connectivity index (χ0v) is 22.1. The smallest absolute Gasteiger partial charge is 0.261 e. The van der Waals surface area contributed by atoms with E-state index >= 15 is 0 Å². The Bertz CT molecular complexity index is 938. The fraction of sp³-hybridized carbons (Fsp3) is 0.417. The van der Waals surface area contributed by atoms with Gasteiger partial charge in [0.1, 0.15) is 11.8 Å². The SMILES string of the molecule is Cc1cc(OCC(=O)N(Cc2c(Cl)cccc2Cl)[C@H](C)C(=O)NCC(C)C)cc(C)c1Br. The third-order valence-electron chi connectivity index (χ3n) is 5.01. The van der Waals surface area contributed by atoms with Crippen molar-refractivity contribution in [3.05, 3.63) is 61.5 Å². The fourth-order valence-corrected chi connectivity index (χ4v) is 3.85. The van der Waals surface area contributed by atoms with Crippen molar-refractivity contribution in [3.63, 3.8) is 0 Å². The summed E-state index contributed by atoms with van der Waals surface area (Å²) in [4.78, 5) is 27.4. The van der Waals surface area contributed by atoms with E-state index in [2.05, 4.69) is 21.2 Å². The van der Waals surface area contributed by atoms with Crippen LogP contribution < -0.4 is 10.1 Å². The van der Waals surface area contributed by atoms with Crippen LogP contribution in [0.1, 0.15) is 37.5 Å². The van der Waals surface area contributed by atoms with Gasteiger partial charge in [0.2, 0.25) is 5.91 Å². The topological polar surface area (TPSA) is 58.6 Å². The molecule has 1 atom stereocenters. The van der Waals surface area contributed by atoms with Crippen LogP contribution in [0.4, 0.5) is 0 Å². The van der Waals surface area contributed by atoms with Crippen molar-refractivity contribution in [3.8, 4) is 5.75 Å². The number of carbonyl (C=O) groups excluding carboxylic acids is 2. The Kier molecular flexibility index (Phi) is 9.86. The molecule has 0 aliphatic carbocycles. The molecule has 0 saturated heterocycles. The van der Waals surface area contributed by atoms with Gasteiger partial charge in [0.15, 0.2) is 6.61 Å². The highest BCUT2D eigenvalue weighted by Crippen LogP contribution is 2.28. The number of amides is 2. The minimum Gasteiger partial charge on any atom is -0.484 e. The number of benzene rings is 2. The van der Waals surface area contributed by atoms with E-state index in [1.165, 1.54) is 4.90 Å². The van der Waals surface area contributed by atoms with E-state index in [4.69, 9.17) is 27.9 Å². The Morgan fingerprint density at radius 2 is 1.66 bits per heavy atom. The summed E-state index contributed by atoms with van der Waals surface area (Å²) in [5.41, 5.74) is 2.60. The maximum atomic E-state index is 13.2. The van der Waals surface area contributed by atoms with E-state index in [1.54, 1.807) is 25.1 Å². The number of carbonyl (C=O) groups is 2. The highest BCUT2D eigenvalue weighted by atomic mass is 79.9. The second-order valence-electron chi connectivity index (χ2n) is 8.20. The predicted octanol–water partition coefficient (Wildman–Crippen LogP) is 5.94. The van der Waals surface area contributed by atoms with Crippen molar-refractivity contribution in [2.75, 3.05) is 13.2 Å². The molecule has 0 saturated carbocycles. The monoisotopic (exact) mass is 542 g/mol. The van der Waals surface area contributed by atoms with Crippen LogP contribution in [-0.2, 0) is 16.1 Å². The summed E-state index contributed by atoms with van der Waals surface area (Å²) >= 11 is 16.2. The Hall–Kier alpha value is -1.76. The molecule has 0 aliphatic rings. The lowest BCUT2D eigenvalue weighted by atomic mass is 10.1. The molecular formula is C24H29BrCl2N2O3. The van der Waals surface area contributed by atoms with Crippen molar-refractivity contribution in [1.82, 2.24) is 10.2 Å². The van der Waals surface area contributed by atoms with Gasteiger partial charge < -0.3 is 15.0 Å². The van der Waals surface area contributed by atoms with Gasteiger partial charge in [-0.15, -0.1) is 0 Å². The quantitative estimate of drug-likeness (QED) is 0.425. The van der Waals surface area contributed by atoms with Gasteiger partial charge in [0.05, 0.1) is 0 Å². The van der Waals surface area contributed by atoms with Crippen molar-refractivity contribution >= 4 is 50.9 Å². The molecule has 8 heteroatoms. The van der Waals surface area contributed by atoms with E-state index in [-0.39, 0.29) is 25.0 Å². The second kappa shape index (κ2) is 11.9. The van der Waals surface area contributed by atoms with Crippen molar-refractivity contribution in [2.24, 2.45) is 5.92 Å². The minimum atomic E-state index is -0.731. The lowest BCUT2D eigenvalue weighted by molar-refractivity contribution is -0.142. The van der Waals surface area contributed by atoms with Gasteiger partial charge in [-0.25, -0.2) is 0 Å². The Morgan fingerprint density at radius 1 is 1.09 bits per heavy atom. The highest BCUT2D eigenvalue weighted by molar-refractivity contribution is 9.10. The van der Waals surface area contributed by atoms with Crippen molar-refractivity contribution in [1.29, 1.82) is 0 Å². The number of halogens is 3. The molecule has 2 aromatic carbocycles. The van der Waals surface area contributed by atoms with E-state index in [1.807, 2.05) is 39.8 Å². The maximum absolute atomic E-state index is 13.2. The number of hydrogen-bond donors (Lipinski definition) is 1. The van der Waals surface area contributed by atoms with Crippen LogP contribution in [0.25, 0.3) is 0 Å². The molecule has 0 heterocycles. The van der Waals surface area contributed by atoms with Gasteiger partial charge >= 0.3 is 0 Å². The Labute approximate surface area is 208 Å². The third kappa shape index (κ3) is 7.12. The zero-order chi connectivity index (χ0) is 24.0. The van der Waals surface area contributed by atoms with Crippen LogP contribution in [0.15, 0.2) is 34.8 Å². The van der Waals surface area contributed by atoms with Gasteiger partial charge in [-0.2, -0.15) is 0 Å². The van der Waals surface area contributed by atoms with Crippen LogP contribution in [0.3, 0.4) is 0 Å². The summed E-state index contributed by atoms with van der Waals surface area (Å²) in [6.07, 6.45) is 0. The van der Waals surface area contributed by atoms with Crippen LogP contribution >= 0.6 is 39.1 Å². The molecule has 0 fully saturated rings. The normalized spacial score (nSPS) is 11.9. The molecule has 0 bridgehead atoms. The molecule has 0 aliphatic heterocycles. The van der Waals surface area contributed by atoms with Crippen LogP contribution in [0, 0.1) is 19.8 Å². The van der Waals surface area contributed by atoms with Gasteiger partial charge in [-0.1, -0.05) is 59.0 Å². The predicted molar refractivity (Wildman–Crippen MR) is 133 cm³/mol. The number of hydrogen-bond acceptors (Lipinski definition) is 3. The van der Waals surface area contributed by atoms with Crippen LogP contribution in [0.2, 0.25) is 10.0 Å². The summed E-state index contributed by atoms with van der Waals surface area (Å²) in [5.74, 6) is 0.293. The summed E-state index contributed by atoms with van der Waals surface area (Å²) in [6.45, 7) is 10.0. The summed E-state index contributed by atoms with van der Waals surface area (Å²) in [7, 11) is 0. The molecule has 174 valence electrons. The van der Waals surface area contributed by atoms with E-state index in [9.17, 15) is 9.59 Å². The van der Waals surface area contributed by atoms with Gasteiger partial charge in [-0.3, -0.25) is 9.59 Å². The van der Waals surface area contributed by atoms with Gasteiger partial charge in [0.25, 0.3) is 5.91 Å². The van der Waals surface area contributed by atoms with E-state index < -0.39 is 6.04 Å². The Balaban J connectivity index is 2.24. The molecule has 2 aromatic rings. The number of rotatable bonds is 9. The minimum absolute atomic E-state index is 0.0926. The summed E-state index contributed by atoms with van der Waals surface area (Å²) < 4.78 is 6.78. The third-order valence-corrected chi connectivity index (χ3v) is 6.97. The maximum Gasteiger partial charge on any atom is 0.261 e. The van der Waals surface area contributed by atoms with Crippen molar-refractivity contribution < 1.29 is 14.3 Å². The van der Waals surface area contributed by atoms with E-state index in [0.717, 1.165) is 15.6 Å². The average Bonchev–Trinajstić information content (AvgIpc) is 2.73. The van der Waals surface area contributed by atoms with Crippen molar-refractivity contribution in [2.45, 2.75) is 47.2 Å². The number of nitrogens with zero attached hydrogens (tertiary/aromatic N) is 1. The first kappa shape index (κ1) is 26.5. The fourth-order valence-electron chi connectivity index (χ4n) is 3.11.